The molecule has 0 fully saturated rings. The minimum absolute atomic E-state index is 0.135. The van der Waals surface area contributed by atoms with Crippen LogP contribution in [0.2, 0.25) is 0 Å². The van der Waals surface area contributed by atoms with E-state index < -0.39 is 5.91 Å². The third-order valence-electron chi connectivity index (χ3n) is 4.45. The van der Waals surface area contributed by atoms with Gasteiger partial charge in [0.25, 0.3) is 5.91 Å². The van der Waals surface area contributed by atoms with Gasteiger partial charge in [0.05, 0.1) is 23.5 Å². The highest BCUT2D eigenvalue weighted by molar-refractivity contribution is 5.98. The number of amides is 1. The zero-order valence-corrected chi connectivity index (χ0v) is 14.0. The molecule has 4 N–H and O–H groups in total. The first-order valence-electron chi connectivity index (χ1n) is 8.38. The predicted molar refractivity (Wildman–Crippen MR) is 99.2 cm³/mol. The standard InChI is InChI=1S/C19H18N6O/c20-19(26)14-10-23-17(25-18-11-21-7-8-22-18)9-16(14)24-15-6-5-12-3-1-2-4-13(12)15/h1-4,7-11,15H,5-6H2,(H2,20,26)(H2,22,23,24,25)/t15-/m0/s1. The number of benzene rings is 1. The minimum Gasteiger partial charge on any atom is -0.377 e. The third kappa shape index (κ3) is 3.19. The van der Waals surface area contributed by atoms with E-state index in [9.17, 15) is 4.79 Å². The molecule has 1 atom stereocenters. The van der Waals surface area contributed by atoms with Crippen molar-refractivity contribution >= 4 is 23.2 Å². The van der Waals surface area contributed by atoms with E-state index in [4.69, 9.17) is 5.73 Å². The van der Waals surface area contributed by atoms with Gasteiger partial charge < -0.3 is 16.4 Å². The first-order valence-corrected chi connectivity index (χ1v) is 8.38. The van der Waals surface area contributed by atoms with Gasteiger partial charge in [0.15, 0.2) is 0 Å². The second-order valence-corrected chi connectivity index (χ2v) is 6.13. The van der Waals surface area contributed by atoms with E-state index >= 15 is 0 Å². The van der Waals surface area contributed by atoms with E-state index in [1.807, 2.05) is 12.1 Å². The van der Waals surface area contributed by atoms with E-state index in [0.717, 1.165) is 12.8 Å². The zero-order chi connectivity index (χ0) is 17.9. The number of nitrogens with zero attached hydrogens (tertiary/aromatic N) is 3. The van der Waals surface area contributed by atoms with Crippen LogP contribution in [0.5, 0.6) is 0 Å². The second kappa shape index (κ2) is 6.79. The molecule has 0 saturated heterocycles. The highest BCUT2D eigenvalue weighted by atomic mass is 16.1. The van der Waals surface area contributed by atoms with E-state index in [-0.39, 0.29) is 6.04 Å². The van der Waals surface area contributed by atoms with Crippen molar-refractivity contribution in [3.8, 4) is 0 Å². The molecule has 0 spiro atoms. The molecule has 1 amide bonds. The lowest BCUT2D eigenvalue weighted by molar-refractivity contribution is 0.100. The number of carbonyl (C=O) groups is 1. The van der Waals surface area contributed by atoms with Crippen LogP contribution >= 0.6 is 0 Å². The summed E-state index contributed by atoms with van der Waals surface area (Å²) in [7, 11) is 0. The summed E-state index contributed by atoms with van der Waals surface area (Å²) in [5.74, 6) is 0.616. The minimum atomic E-state index is -0.516. The summed E-state index contributed by atoms with van der Waals surface area (Å²) in [6.07, 6.45) is 8.24. The zero-order valence-electron chi connectivity index (χ0n) is 14.0. The second-order valence-electron chi connectivity index (χ2n) is 6.13. The molecule has 3 aromatic rings. The number of aromatic nitrogens is 3. The molecule has 130 valence electrons. The molecule has 2 heterocycles. The fourth-order valence-corrected chi connectivity index (χ4v) is 3.23. The molecule has 1 aliphatic rings. The van der Waals surface area contributed by atoms with Crippen LogP contribution < -0.4 is 16.4 Å². The van der Waals surface area contributed by atoms with Crippen LogP contribution in [0, 0.1) is 0 Å². The van der Waals surface area contributed by atoms with Crippen molar-refractivity contribution in [3.05, 3.63) is 71.8 Å². The monoisotopic (exact) mass is 346 g/mol. The fourth-order valence-electron chi connectivity index (χ4n) is 3.23. The lowest BCUT2D eigenvalue weighted by Crippen LogP contribution is -2.17. The van der Waals surface area contributed by atoms with Crippen molar-refractivity contribution in [2.45, 2.75) is 18.9 Å². The van der Waals surface area contributed by atoms with Gasteiger partial charge >= 0.3 is 0 Å². The number of fused-ring (bicyclic) bond motifs is 1. The topological polar surface area (TPSA) is 106 Å². The summed E-state index contributed by atoms with van der Waals surface area (Å²) < 4.78 is 0. The lowest BCUT2D eigenvalue weighted by Gasteiger charge is -2.18. The lowest BCUT2D eigenvalue weighted by atomic mass is 10.1. The number of anilines is 3. The Morgan fingerprint density at radius 2 is 2.00 bits per heavy atom. The number of carbonyl (C=O) groups excluding carboxylic acids is 1. The maximum absolute atomic E-state index is 11.8. The van der Waals surface area contributed by atoms with Crippen LogP contribution in [0.15, 0.2) is 55.1 Å². The van der Waals surface area contributed by atoms with Gasteiger partial charge in [0.2, 0.25) is 0 Å². The van der Waals surface area contributed by atoms with Gasteiger partial charge in [-0.2, -0.15) is 0 Å². The SMILES string of the molecule is NC(=O)c1cnc(Nc2cnccn2)cc1N[C@H]1CCc2ccccc21. The van der Waals surface area contributed by atoms with Crippen LogP contribution in [0.25, 0.3) is 0 Å². The van der Waals surface area contributed by atoms with Gasteiger partial charge in [-0.25, -0.2) is 9.97 Å². The summed E-state index contributed by atoms with van der Waals surface area (Å²) in [5.41, 5.74) is 9.12. The Labute approximate surface area is 150 Å². The molecule has 0 unspecified atom stereocenters. The number of rotatable bonds is 5. The van der Waals surface area contributed by atoms with Crippen LogP contribution in [0.4, 0.5) is 17.3 Å². The molecule has 0 saturated carbocycles. The Morgan fingerprint density at radius 3 is 2.81 bits per heavy atom. The maximum Gasteiger partial charge on any atom is 0.252 e. The van der Waals surface area contributed by atoms with Gasteiger partial charge in [0.1, 0.15) is 11.6 Å². The maximum atomic E-state index is 11.8. The molecule has 7 nitrogen and oxygen atoms in total. The summed E-state index contributed by atoms with van der Waals surface area (Å²) in [6.45, 7) is 0. The van der Waals surface area contributed by atoms with Crippen LogP contribution in [-0.4, -0.2) is 20.9 Å². The Balaban J connectivity index is 1.63. The smallest absolute Gasteiger partial charge is 0.252 e. The van der Waals surface area contributed by atoms with Gasteiger partial charge in [0, 0.05) is 24.7 Å². The molecular formula is C19H18N6O. The first kappa shape index (κ1) is 16.0. The Bertz CT molecular complexity index is 944. The highest BCUT2D eigenvalue weighted by Crippen LogP contribution is 2.35. The molecular weight excluding hydrogens is 328 g/mol. The molecule has 1 aromatic carbocycles. The molecule has 0 aliphatic heterocycles. The van der Waals surface area contributed by atoms with Gasteiger partial charge in [-0.05, 0) is 24.0 Å². The molecule has 7 heteroatoms. The average molecular weight is 346 g/mol. The Morgan fingerprint density at radius 1 is 1.12 bits per heavy atom. The van der Waals surface area contributed by atoms with E-state index in [2.05, 4.69) is 37.7 Å². The van der Waals surface area contributed by atoms with E-state index in [0.29, 0.717) is 22.9 Å². The fraction of sp³-hybridized carbons (Fsp3) is 0.158. The predicted octanol–water partition coefficient (Wildman–Crippen LogP) is 2.81. The number of hydrogen-bond acceptors (Lipinski definition) is 6. The van der Waals surface area contributed by atoms with Crippen molar-refractivity contribution in [1.29, 1.82) is 0 Å². The molecule has 2 aromatic heterocycles. The van der Waals surface area contributed by atoms with Crippen molar-refractivity contribution < 1.29 is 4.79 Å². The summed E-state index contributed by atoms with van der Waals surface area (Å²) in [5, 5.41) is 6.53. The van der Waals surface area contributed by atoms with Crippen LogP contribution in [0.3, 0.4) is 0 Å². The van der Waals surface area contributed by atoms with Crippen molar-refractivity contribution in [3.63, 3.8) is 0 Å². The van der Waals surface area contributed by atoms with Gasteiger partial charge in [-0.3, -0.25) is 9.78 Å². The van der Waals surface area contributed by atoms with Crippen molar-refractivity contribution in [2.75, 3.05) is 10.6 Å². The summed E-state index contributed by atoms with van der Waals surface area (Å²) >= 11 is 0. The van der Waals surface area contributed by atoms with E-state index in [1.54, 1.807) is 24.7 Å². The normalized spacial score (nSPS) is 15.3. The molecule has 0 bridgehead atoms. The number of pyridine rings is 1. The molecule has 4 rings (SSSR count). The van der Waals surface area contributed by atoms with Gasteiger partial charge in [-0.1, -0.05) is 24.3 Å². The summed E-state index contributed by atoms with van der Waals surface area (Å²) in [6, 6.07) is 10.2. The van der Waals surface area contributed by atoms with E-state index in [1.165, 1.54) is 17.3 Å². The Hall–Kier alpha value is -3.48. The van der Waals surface area contributed by atoms with Crippen LogP contribution in [-0.2, 0) is 6.42 Å². The summed E-state index contributed by atoms with van der Waals surface area (Å²) in [4.78, 5) is 24.2. The molecule has 0 radical (unpaired) electrons. The number of nitrogens with two attached hydrogens (primary N) is 1. The molecule has 1 aliphatic carbocycles. The van der Waals surface area contributed by atoms with Gasteiger partial charge in [-0.15, -0.1) is 0 Å². The highest BCUT2D eigenvalue weighted by Gasteiger charge is 2.23. The number of nitrogens with one attached hydrogen (secondary N) is 2. The van der Waals surface area contributed by atoms with Crippen molar-refractivity contribution in [2.24, 2.45) is 5.73 Å². The average Bonchev–Trinajstić information content (AvgIpc) is 3.06. The van der Waals surface area contributed by atoms with Crippen molar-refractivity contribution in [1.82, 2.24) is 15.0 Å². The number of aryl methyl sites for hydroxylation is 1. The number of hydrogen-bond donors (Lipinski definition) is 3. The van der Waals surface area contributed by atoms with Crippen LogP contribution in [0.1, 0.15) is 33.9 Å². The third-order valence-corrected chi connectivity index (χ3v) is 4.45. The first-order chi connectivity index (χ1) is 12.7. The Kier molecular flexibility index (Phi) is 4.18. The number of primary amides is 1. The largest absolute Gasteiger partial charge is 0.377 e. The quantitative estimate of drug-likeness (QED) is 0.656. The molecule has 26 heavy (non-hydrogen) atoms.